The van der Waals surface area contributed by atoms with Crippen LogP contribution in [0.5, 0.6) is 11.5 Å². The number of aromatic nitrogens is 1. The molecule has 2 heterocycles. The van der Waals surface area contributed by atoms with E-state index in [9.17, 15) is 13.2 Å². The highest BCUT2D eigenvalue weighted by Gasteiger charge is 2.30. The van der Waals surface area contributed by atoms with Crippen LogP contribution in [0.15, 0.2) is 18.2 Å². The van der Waals surface area contributed by atoms with Crippen molar-refractivity contribution in [2.24, 2.45) is 0 Å². The van der Waals surface area contributed by atoms with Crippen LogP contribution >= 0.6 is 11.3 Å². The van der Waals surface area contributed by atoms with Gasteiger partial charge in [0.15, 0.2) is 21.3 Å². The number of hydrogen-bond acceptors (Lipinski definition) is 7. The van der Waals surface area contributed by atoms with Gasteiger partial charge in [0.2, 0.25) is 0 Å². The Labute approximate surface area is 156 Å². The van der Waals surface area contributed by atoms with Gasteiger partial charge in [-0.05, 0) is 31.5 Å². The van der Waals surface area contributed by atoms with Gasteiger partial charge in [0.1, 0.15) is 10.7 Å². The maximum atomic E-state index is 12.5. The van der Waals surface area contributed by atoms with Gasteiger partial charge in [-0.3, -0.25) is 4.79 Å². The van der Waals surface area contributed by atoms with Gasteiger partial charge in [-0.15, -0.1) is 11.3 Å². The molecular weight excluding hydrogens is 376 g/mol. The van der Waals surface area contributed by atoms with Crippen LogP contribution in [0.1, 0.15) is 21.8 Å². The van der Waals surface area contributed by atoms with Crippen LogP contribution in [-0.4, -0.2) is 51.1 Å². The number of methoxy groups -OCH3 is 2. The van der Waals surface area contributed by atoms with Crippen molar-refractivity contribution in [2.75, 3.05) is 25.7 Å². The third kappa shape index (κ3) is 3.83. The zero-order valence-corrected chi connectivity index (χ0v) is 16.4. The van der Waals surface area contributed by atoms with E-state index in [1.54, 1.807) is 20.3 Å². The van der Waals surface area contributed by atoms with Gasteiger partial charge in [0.05, 0.1) is 25.7 Å². The van der Waals surface area contributed by atoms with E-state index in [1.807, 2.05) is 19.1 Å². The minimum absolute atomic E-state index is 0.00946. The molecule has 1 aliphatic rings. The summed E-state index contributed by atoms with van der Waals surface area (Å²) >= 11 is 1.40. The molecule has 0 saturated carbocycles. The van der Waals surface area contributed by atoms with Crippen LogP contribution in [0.25, 0.3) is 10.6 Å². The van der Waals surface area contributed by atoms with E-state index >= 15 is 0 Å². The Kier molecular flexibility index (Phi) is 5.19. The van der Waals surface area contributed by atoms with Crippen molar-refractivity contribution in [3.8, 4) is 22.1 Å². The summed E-state index contributed by atoms with van der Waals surface area (Å²) in [6.07, 6.45) is 0.444. The molecule has 0 spiro atoms. The third-order valence-corrected chi connectivity index (χ3v) is 7.00. The zero-order chi connectivity index (χ0) is 18.9. The number of amides is 1. The minimum Gasteiger partial charge on any atom is -0.493 e. The van der Waals surface area contributed by atoms with E-state index in [2.05, 4.69) is 10.3 Å². The summed E-state index contributed by atoms with van der Waals surface area (Å²) in [5.74, 6) is 0.965. The monoisotopic (exact) mass is 396 g/mol. The van der Waals surface area contributed by atoms with E-state index in [1.165, 1.54) is 11.3 Å². The zero-order valence-electron chi connectivity index (χ0n) is 14.7. The largest absolute Gasteiger partial charge is 0.493 e. The molecule has 2 aromatic rings. The second-order valence-corrected chi connectivity index (χ2v) is 9.50. The van der Waals surface area contributed by atoms with Crippen molar-refractivity contribution in [1.82, 2.24) is 10.3 Å². The molecule has 1 aliphatic heterocycles. The molecule has 7 nitrogen and oxygen atoms in total. The number of rotatable bonds is 5. The predicted molar refractivity (Wildman–Crippen MR) is 99.9 cm³/mol. The van der Waals surface area contributed by atoms with Gasteiger partial charge in [0, 0.05) is 16.5 Å². The van der Waals surface area contributed by atoms with E-state index in [-0.39, 0.29) is 23.5 Å². The standard InChI is InChI=1S/C17H20N2O5S2/c1-10-15(16(20)18-12-6-7-26(21,22)9-12)19-17(25-10)11-4-5-13(23-2)14(8-11)24-3/h4-5,8,12H,6-7,9H2,1-3H3,(H,18,20)/t12-/m1/s1. The molecule has 1 aromatic carbocycles. The SMILES string of the molecule is COc1ccc(-c2nc(C(=O)N[C@@H]3CCS(=O)(=O)C3)c(C)s2)cc1OC. The lowest BCUT2D eigenvalue weighted by Crippen LogP contribution is -2.36. The molecule has 0 unspecified atom stereocenters. The quantitative estimate of drug-likeness (QED) is 0.831. The van der Waals surface area contributed by atoms with Crippen LogP contribution in [0, 0.1) is 6.92 Å². The number of hydrogen-bond donors (Lipinski definition) is 1. The van der Waals surface area contributed by atoms with Gasteiger partial charge in [-0.2, -0.15) is 0 Å². The van der Waals surface area contributed by atoms with Crippen LogP contribution in [-0.2, 0) is 9.84 Å². The number of ether oxygens (including phenoxy) is 2. The number of thiazole rings is 1. The molecule has 1 fully saturated rings. The summed E-state index contributed by atoms with van der Waals surface area (Å²) in [7, 11) is 0.0812. The van der Waals surface area contributed by atoms with Crippen molar-refractivity contribution in [1.29, 1.82) is 0 Å². The summed E-state index contributed by atoms with van der Waals surface area (Å²) in [5, 5.41) is 3.47. The molecular formula is C17H20N2O5S2. The molecule has 0 aliphatic carbocycles. The maximum Gasteiger partial charge on any atom is 0.271 e. The lowest BCUT2D eigenvalue weighted by molar-refractivity contribution is 0.0936. The molecule has 26 heavy (non-hydrogen) atoms. The van der Waals surface area contributed by atoms with E-state index in [0.29, 0.717) is 28.6 Å². The Morgan fingerprint density at radius 1 is 1.27 bits per heavy atom. The second kappa shape index (κ2) is 7.24. The maximum absolute atomic E-state index is 12.5. The van der Waals surface area contributed by atoms with Crippen LogP contribution in [0.3, 0.4) is 0 Å². The number of carbonyl (C=O) groups is 1. The Morgan fingerprint density at radius 3 is 2.62 bits per heavy atom. The normalized spacial score (nSPS) is 18.5. The number of carbonyl (C=O) groups excluding carboxylic acids is 1. The van der Waals surface area contributed by atoms with Crippen molar-refractivity contribution < 1.29 is 22.7 Å². The van der Waals surface area contributed by atoms with Crippen molar-refractivity contribution in [3.63, 3.8) is 0 Å². The Hall–Kier alpha value is -2.13. The second-order valence-electron chi connectivity index (χ2n) is 6.07. The molecule has 1 amide bonds. The predicted octanol–water partition coefficient (Wildman–Crippen LogP) is 2.05. The smallest absolute Gasteiger partial charge is 0.271 e. The number of nitrogens with zero attached hydrogens (tertiary/aromatic N) is 1. The number of benzene rings is 1. The first-order chi connectivity index (χ1) is 12.3. The molecule has 1 saturated heterocycles. The molecule has 9 heteroatoms. The Balaban J connectivity index is 1.82. The molecule has 3 rings (SSSR count). The first kappa shape index (κ1) is 18.7. The fraction of sp³-hybridized carbons (Fsp3) is 0.412. The fourth-order valence-electron chi connectivity index (χ4n) is 2.86. The average molecular weight is 396 g/mol. The number of aryl methyl sites for hydroxylation is 1. The van der Waals surface area contributed by atoms with Crippen LogP contribution < -0.4 is 14.8 Å². The fourth-order valence-corrected chi connectivity index (χ4v) is 5.44. The summed E-state index contributed by atoms with van der Waals surface area (Å²) < 4.78 is 33.6. The van der Waals surface area contributed by atoms with Crippen molar-refractivity contribution in [2.45, 2.75) is 19.4 Å². The van der Waals surface area contributed by atoms with Crippen LogP contribution in [0.2, 0.25) is 0 Å². The average Bonchev–Trinajstić information content (AvgIpc) is 3.16. The van der Waals surface area contributed by atoms with Gasteiger partial charge in [-0.1, -0.05) is 0 Å². The lowest BCUT2D eigenvalue weighted by atomic mass is 10.2. The van der Waals surface area contributed by atoms with Crippen molar-refractivity contribution >= 4 is 27.1 Å². The summed E-state index contributed by atoms with van der Waals surface area (Å²) in [4.78, 5) is 17.7. The number of nitrogens with one attached hydrogen (secondary N) is 1. The Bertz CT molecular complexity index is 937. The summed E-state index contributed by atoms with van der Waals surface area (Å²) in [6.45, 7) is 1.82. The van der Waals surface area contributed by atoms with Crippen molar-refractivity contribution in [3.05, 3.63) is 28.8 Å². The van der Waals surface area contributed by atoms with Gasteiger partial charge < -0.3 is 14.8 Å². The van der Waals surface area contributed by atoms with E-state index in [4.69, 9.17) is 9.47 Å². The molecule has 140 valence electrons. The molecule has 1 N–H and O–H groups in total. The van der Waals surface area contributed by atoms with E-state index in [0.717, 1.165) is 10.4 Å². The molecule has 0 bridgehead atoms. The Morgan fingerprint density at radius 2 is 2.00 bits per heavy atom. The topological polar surface area (TPSA) is 94.6 Å². The highest BCUT2D eigenvalue weighted by atomic mass is 32.2. The van der Waals surface area contributed by atoms with Gasteiger partial charge in [-0.25, -0.2) is 13.4 Å². The summed E-state index contributed by atoms with van der Waals surface area (Å²) in [6, 6.07) is 5.10. The lowest BCUT2D eigenvalue weighted by Gasteiger charge is -2.09. The number of sulfone groups is 1. The van der Waals surface area contributed by atoms with Crippen LogP contribution in [0.4, 0.5) is 0 Å². The third-order valence-electron chi connectivity index (χ3n) is 4.21. The first-order valence-corrected chi connectivity index (χ1v) is 10.7. The van der Waals surface area contributed by atoms with Gasteiger partial charge in [0.25, 0.3) is 5.91 Å². The van der Waals surface area contributed by atoms with E-state index < -0.39 is 9.84 Å². The molecule has 1 atom stereocenters. The highest BCUT2D eigenvalue weighted by Crippen LogP contribution is 2.34. The summed E-state index contributed by atoms with van der Waals surface area (Å²) in [5.41, 5.74) is 1.14. The van der Waals surface area contributed by atoms with Gasteiger partial charge >= 0.3 is 0 Å². The highest BCUT2D eigenvalue weighted by molar-refractivity contribution is 7.91. The minimum atomic E-state index is -3.04. The molecule has 1 aromatic heterocycles. The first-order valence-electron chi connectivity index (χ1n) is 8.04. The molecule has 0 radical (unpaired) electrons.